The molecular weight excluding hydrogens is 219 g/mol. The van der Waals surface area contributed by atoms with Gasteiger partial charge in [0.1, 0.15) is 11.6 Å². The molecule has 0 spiro atoms. The number of halogens is 1. The van der Waals surface area contributed by atoms with Gasteiger partial charge in [0, 0.05) is 24.7 Å². The lowest BCUT2D eigenvalue weighted by Crippen LogP contribution is -2.23. The van der Waals surface area contributed by atoms with Crippen molar-refractivity contribution in [1.29, 1.82) is 0 Å². The topological polar surface area (TPSA) is 38.1 Å². The van der Waals surface area contributed by atoms with Gasteiger partial charge in [-0.15, -0.1) is 0 Å². The van der Waals surface area contributed by atoms with E-state index in [-0.39, 0.29) is 11.9 Å². The predicted octanol–water partition coefficient (Wildman–Crippen LogP) is 2.00. The summed E-state index contributed by atoms with van der Waals surface area (Å²) in [6.45, 7) is 0.552. The Morgan fingerprint density at radius 3 is 3.00 bits per heavy atom. The van der Waals surface area contributed by atoms with E-state index in [9.17, 15) is 9.50 Å². The fraction of sp³-hybridized carbons (Fsp3) is 0.308. The SMILES string of the molecule is OC1CCc2nc(-c3ccccc3F)cn2C1. The first-order valence-corrected chi connectivity index (χ1v) is 5.73. The minimum Gasteiger partial charge on any atom is -0.391 e. The van der Waals surface area contributed by atoms with Crippen LogP contribution in [0.15, 0.2) is 30.5 Å². The third-order valence-corrected chi connectivity index (χ3v) is 3.12. The van der Waals surface area contributed by atoms with Crippen molar-refractivity contribution in [2.45, 2.75) is 25.5 Å². The van der Waals surface area contributed by atoms with Crippen LogP contribution < -0.4 is 0 Å². The lowest BCUT2D eigenvalue weighted by molar-refractivity contribution is 0.130. The van der Waals surface area contributed by atoms with Gasteiger partial charge in [-0.1, -0.05) is 12.1 Å². The van der Waals surface area contributed by atoms with E-state index >= 15 is 0 Å². The average molecular weight is 232 g/mol. The quantitative estimate of drug-likeness (QED) is 0.816. The van der Waals surface area contributed by atoms with Gasteiger partial charge in [0.25, 0.3) is 0 Å². The third kappa shape index (κ3) is 1.85. The fourth-order valence-corrected chi connectivity index (χ4v) is 2.22. The Kier molecular flexibility index (Phi) is 2.44. The van der Waals surface area contributed by atoms with Gasteiger partial charge in [0.05, 0.1) is 11.8 Å². The molecule has 3 nitrogen and oxygen atoms in total. The minimum absolute atomic E-state index is 0.261. The number of fused-ring (bicyclic) bond motifs is 1. The maximum absolute atomic E-state index is 13.6. The van der Waals surface area contributed by atoms with Crippen LogP contribution in [-0.4, -0.2) is 20.8 Å². The van der Waals surface area contributed by atoms with Gasteiger partial charge in [-0.05, 0) is 18.6 Å². The number of imidazole rings is 1. The zero-order valence-corrected chi connectivity index (χ0v) is 9.31. The van der Waals surface area contributed by atoms with Gasteiger partial charge in [-0.3, -0.25) is 0 Å². The highest BCUT2D eigenvalue weighted by molar-refractivity contribution is 5.59. The first kappa shape index (κ1) is 10.5. The van der Waals surface area contributed by atoms with Gasteiger partial charge in [-0.25, -0.2) is 9.37 Å². The summed E-state index contributed by atoms with van der Waals surface area (Å²) in [6, 6.07) is 6.62. The molecule has 1 atom stereocenters. The van der Waals surface area contributed by atoms with E-state index in [1.165, 1.54) is 6.07 Å². The van der Waals surface area contributed by atoms with E-state index in [2.05, 4.69) is 4.98 Å². The molecule has 1 N–H and O–H groups in total. The van der Waals surface area contributed by atoms with Crippen molar-refractivity contribution in [3.63, 3.8) is 0 Å². The Morgan fingerprint density at radius 2 is 2.18 bits per heavy atom. The summed E-state index contributed by atoms with van der Waals surface area (Å²) in [7, 11) is 0. The number of hydrogen-bond acceptors (Lipinski definition) is 2. The van der Waals surface area contributed by atoms with Crippen LogP contribution in [0, 0.1) is 5.82 Å². The predicted molar refractivity (Wildman–Crippen MR) is 61.9 cm³/mol. The van der Waals surface area contributed by atoms with Gasteiger partial charge >= 0.3 is 0 Å². The van der Waals surface area contributed by atoms with E-state index < -0.39 is 0 Å². The zero-order valence-electron chi connectivity index (χ0n) is 9.31. The van der Waals surface area contributed by atoms with Crippen LogP contribution in [0.2, 0.25) is 0 Å². The zero-order chi connectivity index (χ0) is 11.8. The van der Waals surface area contributed by atoms with Crippen molar-refractivity contribution in [3.8, 4) is 11.3 Å². The molecule has 1 aromatic carbocycles. The molecule has 17 heavy (non-hydrogen) atoms. The van der Waals surface area contributed by atoms with Crippen LogP contribution in [0.5, 0.6) is 0 Å². The maximum Gasteiger partial charge on any atom is 0.132 e. The highest BCUT2D eigenvalue weighted by Gasteiger charge is 2.19. The number of hydrogen-bond donors (Lipinski definition) is 1. The minimum atomic E-state index is -0.315. The van der Waals surface area contributed by atoms with Crippen molar-refractivity contribution < 1.29 is 9.50 Å². The van der Waals surface area contributed by atoms with Crippen LogP contribution in [0.3, 0.4) is 0 Å². The second-order valence-electron chi connectivity index (χ2n) is 4.37. The normalized spacial score (nSPS) is 19.1. The van der Waals surface area contributed by atoms with E-state index in [4.69, 9.17) is 0 Å². The molecule has 0 bridgehead atoms. The molecule has 88 valence electrons. The van der Waals surface area contributed by atoms with Crippen LogP contribution in [-0.2, 0) is 13.0 Å². The molecule has 0 aliphatic carbocycles. The molecule has 1 unspecified atom stereocenters. The summed E-state index contributed by atoms with van der Waals surface area (Å²) < 4.78 is 15.5. The molecule has 1 aromatic heterocycles. The number of benzene rings is 1. The first-order chi connectivity index (χ1) is 8.24. The Bertz CT molecular complexity index is 550. The molecular formula is C13H13FN2O. The molecule has 3 rings (SSSR count). The number of aliphatic hydroxyl groups excluding tert-OH is 1. The number of rotatable bonds is 1. The summed E-state index contributed by atoms with van der Waals surface area (Å²) in [5, 5.41) is 9.57. The molecule has 0 amide bonds. The summed E-state index contributed by atoms with van der Waals surface area (Å²) >= 11 is 0. The molecule has 2 aromatic rings. The van der Waals surface area contributed by atoms with Gasteiger partial charge in [0.15, 0.2) is 0 Å². The summed E-state index contributed by atoms with van der Waals surface area (Å²) in [6.07, 6.45) is 2.98. The first-order valence-electron chi connectivity index (χ1n) is 5.73. The van der Waals surface area contributed by atoms with E-state index in [0.29, 0.717) is 17.8 Å². The lowest BCUT2D eigenvalue weighted by Gasteiger charge is -2.18. The largest absolute Gasteiger partial charge is 0.391 e. The molecule has 2 heterocycles. The number of aromatic nitrogens is 2. The standard InChI is InChI=1S/C13H13FN2O/c14-11-4-2-1-3-10(11)12-8-16-7-9(17)5-6-13(16)15-12/h1-4,8-9,17H,5-7H2. The maximum atomic E-state index is 13.6. The second kappa shape index (κ2) is 3.96. The summed E-state index contributed by atoms with van der Waals surface area (Å²) in [4.78, 5) is 4.43. The van der Waals surface area contributed by atoms with Crippen molar-refractivity contribution in [2.75, 3.05) is 0 Å². The Balaban J connectivity index is 2.03. The van der Waals surface area contributed by atoms with Gasteiger partial charge in [0.2, 0.25) is 0 Å². The van der Waals surface area contributed by atoms with E-state index in [1.807, 2.05) is 10.8 Å². The molecule has 0 saturated heterocycles. The molecule has 1 aliphatic rings. The Morgan fingerprint density at radius 1 is 1.35 bits per heavy atom. The molecule has 1 aliphatic heterocycles. The van der Waals surface area contributed by atoms with Gasteiger partial charge in [-0.2, -0.15) is 0 Å². The summed E-state index contributed by atoms with van der Waals surface area (Å²) in [5.41, 5.74) is 1.16. The Hall–Kier alpha value is -1.68. The second-order valence-corrected chi connectivity index (χ2v) is 4.37. The highest BCUT2D eigenvalue weighted by Crippen LogP contribution is 2.24. The van der Waals surface area contributed by atoms with Crippen molar-refractivity contribution >= 4 is 0 Å². The third-order valence-electron chi connectivity index (χ3n) is 3.12. The smallest absolute Gasteiger partial charge is 0.132 e. The molecule has 0 radical (unpaired) electrons. The molecule has 0 fully saturated rings. The number of nitrogens with zero attached hydrogens (tertiary/aromatic N) is 2. The monoisotopic (exact) mass is 232 g/mol. The number of aryl methyl sites for hydroxylation is 1. The van der Waals surface area contributed by atoms with Gasteiger partial charge < -0.3 is 9.67 Å². The van der Waals surface area contributed by atoms with E-state index in [0.717, 1.165) is 18.7 Å². The van der Waals surface area contributed by atoms with Crippen molar-refractivity contribution in [2.24, 2.45) is 0 Å². The van der Waals surface area contributed by atoms with Crippen LogP contribution in [0.25, 0.3) is 11.3 Å². The molecule has 0 saturated carbocycles. The van der Waals surface area contributed by atoms with Crippen LogP contribution in [0.1, 0.15) is 12.2 Å². The van der Waals surface area contributed by atoms with Crippen molar-refractivity contribution in [3.05, 3.63) is 42.1 Å². The number of aliphatic hydroxyl groups is 1. The fourth-order valence-electron chi connectivity index (χ4n) is 2.22. The van der Waals surface area contributed by atoms with Crippen molar-refractivity contribution in [1.82, 2.24) is 9.55 Å². The van der Waals surface area contributed by atoms with Crippen LogP contribution >= 0.6 is 0 Å². The Labute approximate surface area is 98.5 Å². The lowest BCUT2D eigenvalue weighted by atomic mass is 10.1. The van der Waals surface area contributed by atoms with E-state index in [1.54, 1.807) is 18.2 Å². The highest BCUT2D eigenvalue weighted by atomic mass is 19.1. The average Bonchev–Trinajstić information content (AvgIpc) is 2.72. The summed E-state index contributed by atoms with van der Waals surface area (Å²) in [5.74, 6) is 0.664. The molecule has 4 heteroatoms. The van der Waals surface area contributed by atoms with Crippen LogP contribution in [0.4, 0.5) is 4.39 Å².